The molecule has 0 aliphatic carbocycles. The molecule has 0 N–H and O–H groups in total. The number of rotatable bonds is 3. The lowest BCUT2D eigenvalue weighted by Crippen LogP contribution is -2.29. The molecular formula is C35H56. The summed E-state index contributed by atoms with van der Waals surface area (Å²) in [6.07, 6.45) is 1.07. The first kappa shape index (κ1) is 29.7. The van der Waals surface area contributed by atoms with E-state index in [4.69, 9.17) is 0 Å². The summed E-state index contributed by atoms with van der Waals surface area (Å²) in [6, 6.07) is 12.2. The van der Waals surface area contributed by atoms with Crippen molar-refractivity contribution in [2.75, 3.05) is 0 Å². The van der Waals surface area contributed by atoms with Crippen LogP contribution in [0.3, 0.4) is 0 Å². The maximum absolute atomic E-state index is 2.49. The van der Waals surface area contributed by atoms with Gasteiger partial charge >= 0.3 is 0 Å². The van der Waals surface area contributed by atoms with Crippen molar-refractivity contribution in [3.63, 3.8) is 0 Å². The highest BCUT2D eigenvalue weighted by Gasteiger charge is 2.34. The third kappa shape index (κ3) is 6.81. The monoisotopic (exact) mass is 476 g/mol. The molecule has 0 saturated carbocycles. The summed E-state index contributed by atoms with van der Waals surface area (Å²) in [5, 5.41) is 0. The van der Waals surface area contributed by atoms with Gasteiger partial charge in [0.15, 0.2) is 0 Å². The number of benzene rings is 2. The predicted molar refractivity (Wildman–Crippen MR) is 159 cm³/mol. The summed E-state index contributed by atoms with van der Waals surface area (Å²) in [7, 11) is 0. The van der Waals surface area contributed by atoms with Gasteiger partial charge in [-0.2, -0.15) is 0 Å². The second kappa shape index (κ2) is 9.39. The summed E-state index contributed by atoms with van der Waals surface area (Å²) in [4.78, 5) is 0. The fraction of sp³-hybridized carbons (Fsp3) is 0.657. The van der Waals surface area contributed by atoms with Crippen molar-refractivity contribution in [1.29, 1.82) is 0 Å². The molecule has 0 bridgehead atoms. The van der Waals surface area contributed by atoms with Gasteiger partial charge in [0.2, 0.25) is 0 Å². The van der Waals surface area contributed by atoms with Gasteiger partial charge in [0.1, 0.15) is 0 Å². The fourth-order valence-electron chi connectivity index (χ4n) is 5.62. The van der Waals surface area contributed by atoms with Gasteiger partial charge < -0.3 is 0 Å². The Morgan fingerprint density at radius 1 is 0.514 bits per heavy atom. The minimum absolute atomic E-state index is 0.0852. The number of hydrogen-bond acceptors (Lipinski definition) is 0. The molecule has 2 rings (SSSR count). The SMILES string of the molecule is CC(Cc1ccc(C(C)(C)C)c(C(C)(C)C)c1C(C)(C)C)c1ccc(C(C)(C)C)cc1C(C)(C)C. The molecule has 0 saturated heterocycles. The summed E-state index contributed by atoms with van der Waals surface area (Å²) in [5.41, 5.74) is 11.1. The molecule has 0 radical (unpaired) electrons. The Balaban J connectivity index is 2.75. The smallest absolute Gasteiger partial charge is 0.0126 e. The van der Waals surface area contributed by atoms with Crippen LogP contribution in [0.5, 0.6) is 0 Å². The molecule has 0 aromatic heterocycles. The molecule has 1 atom stereocenters. The first-order valence-corrected chi connectivity index (χ1v) is 13.8. The Morgan fingerprint density at radius 3 is 1.40 bits per heavy atom. The quantitative estimate of drug-likeness (QED) is 0.413. The molecule has 2 aromatic carbocycles. The topological polar surface area (TPSA) is 0 Å². The van der Waals surface area contributed by atoms with Gasteiger partial charge in [-0.15, -0.1) is 0 Å². The Labute approximate surface area is 219 Å². The maximum atomic E-state index is 2.49. The van der Waals surface area contributed by atoms with Crippen molar-refractivity contribution in [3.05, 3.63) is 69.3 Å². The van der Waals surface area contributed by atoms with Crippen LogP contribution >= 0.6 is 0 Å². The highest BCUT2D eigenvalue weighted by atomic mass is 14.4. The Hall–Kier alpha value is -1.56. The zero-order valence-electron chi connectivity index (χ0n) is 26.2. The Kier molecular flexibility index (Phi) is 7.96. The van der Waals surface area contributed by atoms with E-state index in [0.717, 1.165) is 6.42 Å². The summed E-state index contributed by atoms with van der Waals surface area (Å²) in [5.74, 6) is 0.452. The van der Waals surface area contributed by atoms with E-state index in [9.17, 15) is 0 Å². The van der Waals surface area contributed by atoms with Gasteiger partial charge in [0, 0.05) is 0 Å². The van der Waals surface area contributed by atoms with Crippen LogP contribution in [-0.4, -0.2) is 0 Å². The van der Waals surface area contributed by atoms with Crippen LogP contribution in [0.2, 0.25) is 0 Å². The van der Waals surface area contributed by atoms with Gasteiger partial charge in [0.25, 0.3) is 0 Å². The van der Waals surface area contributed by atoms with Crippen molar-refractivity contribution in [2.45, 2.75) is 150 Å². The van der Waals surface area contributed by atoms with Gasteiger partial charge in [-0.05, 0) is 78.4 Å². The van der Waals surface area contributed by atoms with Crippen LogP contribution in [0.25, 0.3) is 0 Å². The molecule has 0 spiro atoms. The number of hydrogen-bond donors (Lipinski definition) is 0. The molecule has 35 heavy (non-hydrogen) atoms. The van der Waals surface area contributed by atoms with Crippen molar-refractivity contribution < 1.29 is 0 Å². The zero-order chi connectivity index (χ0) is 27.4. The van der Waals surface area contributed by atoms with Crippen LogP contribution in [0.15, 0.2) is 30.3 Å². The highest BCUT2D eigenvalue weighted by molar-refractivity contribution is 5.52. The van der Waals surface area contributed by atoms with Gasteiger partial charge in [-0.25, -0.2) is 0 Å². The third-order valence-electron chi connectivity index (χ3n) is 7.38. The molecule has 0 heterocycles. The van der Waals surface area contributed by atoms with Crippen LogP contribution in [0, 0.1) is 0 Å². The largest absolute Gasteiger partial charge is 0.0584 e. The van der Waals surface area contributed by atoms with E-state index < -0.39 is 0 Å². The standard InChI is InChI=1S/C35H56/c1-23(26-19-18-25(31(2,3)4)22-28(26)33(8,9)10)21-24-17-20-27(32(5,6)7)30(35(14,15)16)29(24)34(11,12)13/h17-20,22-23H,21H2,1-16H3. The molecule has 0 nitrogen and oxygen atoms in total. The maximum Gasteiger partial charge on any atom is -0.0126 e. The van der Waals surface area contributed by atoms with Crippen LogP contribution in [0.4, 0.5) is 0 Å². The van der Waals surface area contributed by atoms with Crippen molar-refractivity contribution >= 4 is 0 Å². The molecule has 196 valence electrons. The molecular weight excluding hydrogens is 420 g/mol. The van der Waals surface area contributed by atoms with E-state index in [1.807, 2.05) is 0 Å². The van der Waals surface area contributed by atoms with Crippen molar-refractivity contribution in [3.8, 4) is 0 Å². The Morgan fingerprint density at radius 2 is 1.00 bits per heavy atom. The van der Waals surface area contributed by atoms with Crippen LogP contribution < -0.4 is 0 Å². The summed E-state index contributed by atoms with van der Waals surface area (Å²) >= 11 is 0. The van der Waals surface area contributed by atoms with E-state index >= 15 is 0 Å². The van der Waals surface area contributed by atoms with Gasteiger partial charge in [-0.3, -0.25) is 0 Å². The summed E-state index contributed by atoms with van der Waals surface area (Å²) in [6.45, 7) is 37.9. The molecule has 0 heteroatoms. The molecule has 0 aliphatic heterocycles. The first-order valence-electron chi connectivity index (χ1n) is 13.8. The fourth-order valence-corrected chi connectivity index (χ4v) is 5.62. The van der Waals surface area contributed by atoms with E-state index in [1.54, 1.807) is 11.1 Å². The van der Waals surface area contributed by atoms with Crippen molar-refractivity contribution in [1.82, 2.24) is 0 Å². The average Bonchev–Trinajstić information content (AvgIpc) is 2.63. The van der Waals surface area contributed by atoms with E-state index in [0.29, 0.717) is 5.92 Å². The molecule has 2 aromatic rings. The third-order valence-corrected chi connectivity index (χ3v) is 7.38. The normalized spacial score (nSPS) is 14.9. The van der Waals surface area contributed by atoms with Crippen LogP contribution in [-0.2, 0) is 33.5 Å². The van der Waals surface area contributed by atoms with Gasteiger partial charge in [0.05, 0.1) is 0 Å². The minimum Gasteiger partial charge on any atom is -0.0584 e. The highest BCUT2D eigenvalue weighted by Crippen LogP contribution is 2.44. The lowest BCUT2D eigenvalue weighted by Gasteiger charge is -2.38. The summed E-state index contributed by atoms with van der Waals surface area (Å²) < 4.78 is 0. The Bertz CT molecular complexity index is 1030. The zero-order valence-corrected chi connectivity index (χ0v) is 26.2. The van der Waals surface area contributed by atoms with E-state index in [2.05, 4.69) is 141 Å². The lowest BCUT2D eigenvalue weighted by atomic mass is 9.66. The van der Waals surface area contributed by atoms with Gasteiger partial charge in [-0.1, -0.05) is 141 Å². The van der Waals surface area contributed by atoms with E-state index in [1.165, 1.54) is 27.8 Å². The second-order valence-corrected chi connectivity index (χ2v) is 16.2. The minimum atomic E-state index is 0.0852. The molecule has 0 amide bonds. The van der Waals surface area contributed by atoms with Crippen molar-refractivity contribution in [2.24, 2.45) is 0 Å². The molecule has 0 aliphatic rings. The van der Waals surface area contributed by atoms with E-state index in [-0.39, 0.29) is 27.1 Å². The molecule has 1 unspecified atom stereocenters. The average molecular weight is 477 g/mol. The second-order valence-electron chi connectivity index (χ2n) is 16.2. The first-order chi connectivity index (χ1) is 15.5. The lowest BCUT2D eigenvalue weighted by molar-refractivity contribution is 0.492. The van der Waals surface area contributed by atoms with Crippen LogP contribution in [0.1, 0.15) is 156 Å². The predicted octanol–water partition coefficient (Wildman–Crippen LogP) is 10.5. The molecule has 0 fully saturated rings.